The van der Waals surface area contributed by atoms with E-state index < -0.39 is 36.4 Å². The fourth-order valence-corrected chi connectivity index (χ4v) is 5.08. The molecule has 10 heteroatoms. The maximum atomic E-state index is 12.5. The normalized spacial score (nSPS) is 14.3. The minimum absolute atomic E-state index is 0.0803. The highest BCUT2D eigenvalue weighted by molar-refractivity contribution is 5.73. The number of amides is 1. The van der Waals surface area contributed by atoms with Crippen LogP contribution in [0.25, 0.3) is 10.4 Å². The van der Waals surface area contributed by atoms with E-state index in [-0.39, 0.29) is 33.0 Å². The van der Waals surface area contributed by atoms with Gasteiger partial charge in [-0.3, -0.25) is 4.79 Å². The molecule has 4 aromatic rings. The van der Waals surface area contributed by atoms with Gasteiger partial charge >= 0.3 is 0 Å². The van der Waals surface area contributed by atoms with E-state index >= 15 is 0 Å². The molecule has 0 radical (unpaired) electrons. The summed E-state index contributed by atoms with van der Waals surface area (Å²) in [5, 5.41) is 18.7. The Kier molecular flexibility index (Phi) is 14.9. The van der Waals surface area contributed by atoms with Gasteiger partial charge in [-0.15, -0.1) is 0 Å². The molecule has 0 aliphatic carbocycles. The number of aliphatic hydroxyl groups is 1. The van der Waals surface area contributed by atoms with E-state index in [0.717, 1.165) is 22.3 Å². The first-order chi connectivity index (χ1) is 23.0. The highest BCUT2D eigenvalue weighted by Gasteiger charge is 2.40. The molecular formula is C37H42N4O6. The molecule has 5 atom stereocenters. The maximum Gasteiger partial charge on any atom is 0.217 e. The van der Waals surface area contributed by atoms with E-state index in [4.69, 9.17) is 18.9 Å². The van der Waals surface area contributed by atoms with E-state index in [9.17, 15) is 15.4 Å². The number of aliphatic hydroxyl groups excluding tert-OH is 1. The van der Waals surface area contributed by atoms with Crippen LogP contribution in [0.5, 0.6) is 0 Å². The first-order valence-corrected chi connectivity index (χ1v) is 15.6. The summed E-state index contributed by atoms with van der Waals surface area (Å²) in [6.45, 7) is 2.17. The van der Waals surface area contributed by atoms with Crippen molar-refractivity contribution in [3.05, 3.63) is 154 Å². The summed E-state index contributed by atoms with van der Waals surface area (Å²) in [6, 6.07) is 37.5. The van der Waals surface area contributed by atoms with Crippen molar-refractivity contribution in [2.24, 2.45) is 5.11 Å². The smallest absolute Gasteiger partial charge is 0.217 e. The molecular weight excluding hydrogens is 596 g/mol. The van der Waals surface area contributed by atoms with Gasteiger partial charge in [0.15, 0.2) is 0 Å². The molecule has 0 saturated carbocycles. The number of benzene rings is 4. The Morgan fingerprint density at radius 2 is 1.13 bits per heavy atom. The molecule has 4 aromatic carbocycles. The van der Waals surface area contributed by atoms with Gasteiger partial charge in [0.05, 0.1) is 51.7 Å². The summed E-state index contributed by atoms with van der Waals surface area (Å²) in [5.74, 6) is -0.396. The first kappa shape index (κ1) is 35.3. The fraction of sp³-hybridized carbons (Fsp3) is 0.324. The van der Waals surface area contributed by atoms with Crippen LogP contribution in [0.4, 0.5) is 0 Å². The van der Waals surface area contributed by atoms with E-state index in [0.29, 0.717) is 6.61 Å². The zero-order valence-corrected chi connectivity index (χ0v) is 26.5. The molecule has 0 aliphatic rings. The van der Waals surface area contributed by atoms with Crippen LogP contribution in [0.1, 0.15) is 29.2 Å². The molecule has 47 heavy (non-hydrogen) atoms. The predicted octanol–water partition coefficient (Wildman–Crippen LogP) is 6.14. The zero-order chi connectivity index (χ0) is 33.1. The van der Waals surface area contributed by atoms with Crippen LogP contribution in [0.15, 0.2) is 126 Å². The van der Waals surface area contributed by atoms with E-state index in [1.54, 1.807) is 0 Å². The Labute approximate surface area is 275 Å². The number of hydrogen-bond acceptors (Lipinski definition) is 7. The predicted molar refractivity (Wildman–Crippen MR) is 179 cm³/mol. The van der Waals surface area contributed by atoms with Gasteiger partial charge in [0.2, 0.25) is 5.91 Å². The molecule has 0 saturated heterocycles. The maximum absolute atomic E-state index is 12.5. The topological polar surface area (TPSA) is 135 Å². The Hall–Kier alpha value is -4.54. The highest BCUT2D eigenvalue weighted by atomic mass is 16.6. The quantitative estimate of drug-likeness (QED) is 0.0679. The molecule has 4 rings (SSSR count). The summed E-state index contributed by atoms with van der Waals surface area (Å²) in [4.78, 5) is 15.5. The van der Waals surface area contributed by atoms with Gasteiger partial charge in [0.1, 0.15) is 18.3 Å². The van der Waals surface area contributed by atoms with E-state index in [2.05, 4.69) is 15.3 Å². The zero-order valence-electron chi connectivity index (χ0n) is 26.5. The van der Waals surface area contributed by atoms with Gasteiger partial charge in [-0.2, -0.15) is 0 Å². The van der Waals surface area contributed by atoms with Crippen LogP contribution in [-0.2, 0) is 50.2 Å². The number of azide groups is 1. The van der Waals surface area contributed by atoms with Gasteiger partial charge in [-0.1, -0.05) is 126 Å². The molecule has 0 unspecified atom stereocenters. The summed E-state index contributed by atoms with van der Waals surface area (Å²) < 4.78 is 25.2. The number of ether oxygens (including phenoxy) is 4. The minimum Gasteiger partial charge on any atom is -0.388 e. The van der Waals surface area contributed by atoms with Gasteiger partial charge in [0.25, 0.3) is 0 Å². The number of hydrogen-bond donors (Lipinski definition) is 2. The second-order valence-electron chi connectivity index (χ2n) is 11.1. The lowest BCUT2D eigenvalue weighted by Gasteiger charge is -2.38. The van der Waals surface area contributed by atoms with Crippen molar-refractivity contribution in [3.63, 3.8) is 0 Å². The largest absolute Gasteiger partial charge is 0.388 e. The average Bonchev–Trinajstić information content (AvgIpc) is 3.11. The molecule has 246 valence electrons. The van der Waals surface area contributed by atoms with Crippen molar-refractivity contribution in [3.8, 4) is 0 Å². The number of nitrogens with zero attached hydrogens (tertiary/aromatic N) is 3. The first-order valence-electron chi connectivity index (χ1n) is 15.6. The van der Waals surface area contributed by atoms with Crippen LogP contribution in [0.3, 0.4) is 0 Å². The summed E-state index contributed by atoms with van der Waals surface area (Å²) in [5.41, 5.74) is 12.9. The number of carbonyl (C=O) groups excluding carboxylic acids is 1. The molecule has 0 aliphatic heterocycles. The van der Waals surface area contributed by atoms with Gasteiger partial charge < -0.3 is 29.4 Å². The highest BCUT2D eigenvalue weighted by Crippen LogP contribution is 2.22. The lowest BCUT2D eigenvalue weighted by Crippen LogP contribution is -2.59. The standard InChI is InChI=1S/C37H42N4O6/c1-28(42)40-35(33(22-39-41-38)45-24-30-16-8-3-9-17-30)36(43)37(47-26-32-20-12-5-13-21-32)34(46-25-31-18-10-4-11-19-31)27-44-23-29-14-6-2-7-15-29/h2-21,33-37,43H,22-27H2,1H3,(H,40,42)/t33-,34+,35+,36+,37+/m0/s1. The second-order valence-corrected chi connectivity index (χ2v) is 11.1. The Bertz CT molecular complexity index is 1490. The summed E-state index contributed by atoms with van der Waals surface area (Å²) in [6.07, 6.45) is -4.03. The lowest BCUT2D eigenvalue weighted by atomic mass is 9.95. The SMILES string of the molecule is CC(=O)N[C@@H]([C@@H](O)[C@H](OCc1ccccc1)[C@@H](COCc1ccccc1)OCc1ccccc1)[C@H](CN=[N+]=[N-])OCc1ccccc1. The molecule has 0 bridgehead atoms. The van der Waals surface area contributed by atoms with Crippen LogP contribution < -0.4 is 5.32 Å². The molecule has 0 aromatic heterocycles. The van der Waals surface area contributed by atoms with Gasteiger partial charge in [-0.25, -0.2) is 0 Å². The summed E-state index contributed by atoms with van der Waals surface area (Å²) in [7, 11) is 0. The molecule has 1 amide bonds. The molecule has 0 heterocycles. The van der Waals surface area contributed by atoms with Crippen molar-refractivity contribution in [1.82, 2.24) is 5.32 Å². The van der Waals surface area contributed by atoms with Gasteiger partial charge in [-0.05, 0) is 27.8 Å². The van der Waals surface area contributed by atoms with E-state index in [1.165, 1.54) is 6.92 Å². The summed E-state index contributed by atoms with van der Waals surface area (Å²) >= 11 is 0. The Morgan fingerprint density at radius 3 is 1.57 bits per heavy atom. The molecule has 10 nitrogen and oxygen atoms in total. The monoisotopic (exact) mass is 638 g/mol. The van der Waals surface area contributed by atoms with Crippen molar-refractivity contribution in [2.75, 3.05) is 13.2 Å². The van der Waals surface area contributed by atoms with Crippen LogP contribution in [-0.4, -0.2) is 54.6 Å². The third kappa shape index (κ3) is 12.3. The van der Waals surface area contributed by atoms with Crippen molar-refractivity contribution in [1.29, 1.82) is 0 Å². The third-order valence-corrected chi connectivity index (χ3v) is 7.46. The van der Waals surface area contributed by atoms with Crippen molar-refractivity contribution >= 4 is 5.91 Å². The van der Waals surface area contributed by atoms with Crippen LogP contribution in [0.2, 0.25) is 0 Å². The molecule has 2 N–H and O–H groups in total. The van der Waals surface area contributed by atoms with Crippen molar-refractivity contribution in [2.45, 2.75) is 63.8 Å². The number of carbonyl (C=O) groups is 1. The average molecular weight is 639 g/mol. The fourth-order valence-electron chi connectivity index (χ4n) is 5.08. The van der Waals surface area contributed by atoms with Gasteiger partial charge in [0, 0.05) is 11.8 Å². The molecule has 0 spiro atoms. The number of nitrogens with one attached hydrogen (secondary N) is 1. The van der Waals surface area contributed by atoms with Crippen LogP contribution >= 0.6 is 0 Å². The Balaban J connectivity index is 1.64. The van der Waals surface area contributed by atoms with Crippen LogP contribution in [0, 0.1) is 0 Å². The Morgan fingerprint density at radius 1 is 0.702 bits per heavy atom. The lowest BCUT2D eigenvalue weighted by molar-refractivity contribution is -0.168. The number of rotatable bonds is 20. The minimum atomic E-state index is -1.36. The molecule has 0 fully saturated rings. The second kappa shape index (κ2) is 19.9. The third-order valence-electron chi connectivity index (χ3n) is 7.46. The van der Waals surface area contributed by atoms with Crippen molar-refractivity contribution < 1.29 is 28.8 Å². The van der Waals surface area contributed by atoms with E-state index in [1.807, 2.05) is 121 Å².